The van der Waals surface area contributed by atoms with Crippen LogP contribution >= 0.6 is 0 Å². The van der Waals surface area contributed by atoms with Gasteiger partial charge in [0.2, 0.25) is 0 Å². The van der Waals surface area contributed by atoms with Crippen molar-refractivity contribution in [1.29, 1.82) is 0 Å². The van der Waals surface area contributed by atoms with E-state index in [9.17, 15) is 9.18 Å². The molecule has 3 nitrogen and oxygen atoms in total. The number of nitrogens with one attached hydrogen (secondary N) is 1. The Labute approximate surface area is 97.3 Å². The quantitative estimate of drug-likeness (QED) is 0.856. The molecule has 1 aromatic carbocycles. The Bertz CT molecular complexity index is 598. The summed E-state index contributed by atoms with van der Waals surface area (Å²) in [5.41, 5.74) is 0.830. The van der Waals surface area contributed by atoms with E-state index in [1.807, 2.05) is 0 Å². The van der Waals surface area contributed by atoms with Crippen molar-refractivity contribution in [3.05, 3.63) is 35.8 Å². The summed E-state index contributed by atoms with van der Waals surface area (Å²) in [5, 5.41) is 9.67. The summed E-state index contributed by atoms with van der Waals surface area (Å²) in [4.78, 5) is 14.1. The van der Waals surface area contributed by atoms with E-state index in [2.05, 4.69) is 4.98 Å². The predicted octanol–water partition coefficient (Wildman–Crippen LogP) is 2.71. The topological polar surface area (TPSA) is 53.1 Å². The maximum absolute atomic E-state index is 13.7. The molecular formula is C13H12FNO2. The van der Waals surface area contributed by atoms with Crippen LogP contribution in [0.25, 0.3) is 10.9 Å². The van der Waals surface area contributed by atoms with Gasteiger partial charge < -0.3 is 10.1 Å². The molecule has 0 aliphatic heterocycles. The number of fused-ring (bicyclic) bond motifs is 1. The molecule has 0 saturated heterocycles. The van der Waals surface area contributed by atoms with E-state index >= 15 is 0 Å². The largest absolute Gasteiger partial charge is 0.481 e. The van der Waals surface area contributed by atoms with Gasteiger partial charge in [-0.05, 0) is 37.0 Å². The minimum Gasteiger partial charge on any atom is -0.481 e. The van der Waals surface area contributed by atoms with Crippen LogP contribution in [0.15, 0.2) is 24.4 Å². The van der Waals surface area contributed by atoms with E-state index in [0.717, 1.165) is 11.1 Å². The minimum atomic E-state index is -0.775. The van der Waals surface area contributed by atoms with Gasteiger partial charge in [-0.1, -0.05) is 6.07 Å². The first-order valence-corrected chi connectivity index (χ1v) is 5.60. The van der Waals surface area contributed by atoms with Gasteiger partial charge in [-0.15, -0.1) is 0 Å². The maximum Gasteiger partial charge on any atom is 0.309 e. The van der Waals surface area contributed by atoms with E-state index < -0.39 is 11.4 Å². The smallest absolute Gasteiger partial charge is 0.309 e. The van der Waals surface area contributed by atoms with Crippen LogP contribution < -0.4 is 0 Å². The number of rotatable bonds is 3. The van der Waals surface area contributed by atoms with Crippen molar-refractivity contribution >= 4 is 16.9 Å². The van der Waals surface area contributed by atoms with Gasteiger partial charge in [0.15, 0.2) is 0 Å². The van der Waals surface area contributed by atoms with E-state index in [-0.39, 0.29) is 5.82 Å². The summed E-state index contributed by atoms with van der Waals surface area (Å²) >= 11 is 0. The third-order valence-corrected chi connectivity index (χ3v) is 3.57. The Balaban J connectivity index is 2.04. The third-order valence-electron chi connectivity index (χ3n) is 3.57. The summed E-state index contributed by atoms with van der Waals surface area (Å²) in [5.74, 6) is -1.07. The normalized spacial score (nSPS) is 17.2. The molecule has 17 heavy (non-hydrogen) atoms. The SMILES string of the molecule is O=C(O)C1(Cc2c[nH]c3cccc(F)c23)CC1. The minimum absolute atomic E-state index is 0.292. The summed E-state index contributed by atoms with van der Waals surface area (Å²) in [6.07, 6.45) is 3.49. The number of carboxylic acid groups (broad SMARTS) is 1. The van der Waals surface area contributed by atoms with Crippen molar-refractivity contribution in [3.8, 4) is 0 Å². The average Bonchev–Trinajstić information content (AvgIpc) is 2.95. The standard InChI is InChI=1S/C13H12FNO2/c14-9-2-1-3-10-11(9)8(7-15-10)6-13(4-5-13)12(16)17/h1-3,7,15H,4-6H2,(H,16,17). The fourth-order valence-electron chi connectivity index (χ4n) is 2.33. The Morgan fingerprint density at radius 1 is 1.47 bits per heavy atom. The number of aliphatic carboxylic acids is 1. The number of halogens is 1. The zero-order valence-corrected chi connectivity index (χ0v) is 9.16. The highest BCUT2D eigenvalue weighted by Gasteiger charge is 2.50. The van der Waals surface area contributed by atoms with Crippen LogP contribution in [0.4, 0.5) is 4.39 Å². The van der Waals surface area contributed by atoms with Crippen LogP contribution in [-0.4, -0.2) is 16.1 Å². The second-order valence-corrected chi connectivity index (χ2v) is 4.74. The fourth-order valence-corrected chi connectivity index (χ4v) is 2.33. The van der Waals surface area contributed by atoms with Crippen LogP contribution in [0.3, 0.4) is 0 Å². The Morgan fingerprint density at radius 2 is 2.24 bits per heavy atom. The number of hydrogen-bond donors (Lipinski definition) is 2. The molecule has 1 heterocycles. The highest BCUT2D eigenvalue weighted by Crippen LogP contribution is 2.49. The van der Waals surface area contributed by atoms with Crippen molar-refractivity contribution < 1.29 is 14.3 Å². The average molecular weight is 233 g/mol. The first-order chi connectivity index (χ1) is 8.12. The van der Waals surface area contributed by atoms with Gasteiger partial charge in [-0.3, -0.25) is 4.79 Å². The number of benzene rings is 1. The Morgan fingerprint density at radius 3 is 2.88 bits per heavy atom. The molecule has 1 aliphatic rings. The summed E-state index contributed by atoms with van der Waals surface area (Å²) < 4.78 is 13.7. The van der Waals surface area contributed by atoms with Crippen molar-refractivity contribution in [1.82, 2.24) is 4.98 Å². The molecule has 4 heteroatoms. The molecule has 1 aliphatic carbocycles. The van der Waals surface area contributed by atoms with Crippen LogP contribution in [0.1, 0.15) is 18.4 Å². The zero-order chi connectivity index (χ0) is 12.0. The molecule has 0 spiro atoms. The van der Waals surface area contributed by atoms with Gasteiger partial charge in [-0.2, -0.15) is 0 Å². The molecule has 88 valence electrons. The second kappa shape index (κ2) is 3.32. The fraction of sp³-hybridized carbons (Fsp3) is 0.308. The molecule has 1 fully saturated rings. The maximum atomic E-state index is 13.7. The van der Waals surface area contributed by atoms with Gasteiger partial charge >= 0.3 is 5.97 Å². The molecule has 0 unspecified atom stereocenters. The lowest BCUT2D eigenvalue weighted by molar-refractivity contribution is -0.143. The molecule has 0 radical (unpaired) electrons. The number of carbonyl (C=O) groups is 1. The lowest BCUT2D eigenvalue weighted by Gasteiger charge is -2.08. The third kappa shape index (κ3) is 1.52. The number of aromatic amines is 1. The van der Waals surface area contributed by atoms with Crippen molar-refractivity contribution in [3.63, 3.8) is 0 Å². The predicted molar refractivity (Wildman–Crippen MR) is 61.3 cm³/mol. The number of hydrogen-bond acceptors (Lipinski definition) is 1. The van der Waals surface area contributed by atoms with Crippen molar-refractivity contribution in [2.45, 2.75) is 19.3 Å². The second-order valence-electron chi connectivity index (χ2n) is 4.74. The number of carboxylic acids is 1. The monoisotopic (exact) mass is 233 g/mol. The van der Waals surface area contributed by atoms with Gasteiger partial charge in [0.05, 0.1) is 5.41 Å². The first kappa shape index (κ1) is 10.3. The van der Waals surface area contributed by atoms with Crippen LogP contribution in [0, 0.1) is 11.2 Å². The van der Waals surface area contributed by atoms with Gasteiger partial charge in [0.25, 0.3) is 0 Å². The number of H-pyrrole nitrogens is 1. The molecule has 0 bridgehead atoms. The van der Waals surface area contributed by atoms with Crippen LogP contribution in [0.2, 0.25) is 0 Å². The highest BCUT2D eigenvalue weighted by molar-refractivity contribution is 5.85. The van der Waals surface area contributed by atoms with Crippen LogP contribution in [0.5, 0.6) is 0 Å². The lowest BCUT2D eigenvalue weighted by Crippen LogP contribution is -2.17. The molecule has 0 amide bonds. The van der Waals surface area contributed by atoms with Crippen LogP contribution in [-0.2, 0) is 11.2 Å². The first-order valence-electron chi connectivity index (χ1n) is 5.60. The molecule has 1 saturated carbocycles. The molecular weight excluding hydrogens is 221 g/mol. The Hall–Kier alpha value is -1.84. The molecule has 3 rings (SSSR count). The zero-order valence-electron chi connectivity index (χ0n) is 9.16. The lowest BCUT2D eigenvalue weighted by atomic mass is 9.96. The molecule has 2 aromatic rings. The van der Waals surface area contributed by atoms with E-state index in [1.165, 1.54) is 6.07 Å². The molecule has 2 N–H and O–H groups in total. The highest BCUT2D eigenvalue weighted by atomic mass is 19.1. The van der Waals surface area contributed by atoms with E-state index in [1.54, 1.807) is 18.3 Å². The summed E-state index contributed by atoms with van der Waals surface area (Å²) in [7, 11) is 0. The van der Waals surface area contributed by atoms with Crippen molar-refractivity contribution in [2.24, 2.45) is 5.41 Å². The Kier molecular flexibility index (Phi) is 2.02. The molecule has 0 atom stereocenters. The van der Waals surface area contributed by atoms with Gasteiger partial charge in [0.1, 0.15) is 5.82 Å². The summed E-state index contributed by atoms with van der Waals surface area (Å²) in [6, 6.07) is 4.84. The van der Waals surface area contributed by atoms with E-state index in [0.29, 0.717) is 24.6 Å². The van der Waals surface area contributed by atoms with Gasteiger partial charge in [0, 0.05) is 17.1 Å². The number of aromatic nitrogens is 1. The molecule has 1 aromatic heterocycles. The van der Waals surface area contributed by atoms with E-state index in [4.69, 9.17) is 5.11 Å². The summed E-state index contributed by atoms with van der Waals surface area (Å²) in [6.45, 7) is 0. The van der Waals surface area contributed by atoms with Gasteiger partial charge in [-0.25, -0.2) is 4.39 Å². The van der Waals surface area contributed by atoms with Crippen molar-refractivity contribution in [2.75, 3.05) is 0 Å².